The Morgan fingerprint density at radius 1 is 1.15 bits per heavy atom. The van der Waals surface area contributed by atoms with Crippen LogP contribution in [0.15, 0.2) is 42.6 Å². The Kier molecular flexibility index (Phi) is 5.38. The van der Waals surface area contributed by atoms with Crippen LogP contribution < -0.4 is 14.8 Å². The highest BCUT2D eigenvalue weighted by Gasteiger charge is 2.02. The molecule has 0 radical (unpaired) electrons. The van der Waals surface area contributed by atoms with Crippen molar-refractivity contribution in [3.8, 4) is 17.4 Å². The van der Waals surface area contributed by atoms with Crippen molar-refractivity contribution in [1.82, 2.24) is 10.3 Å². The highest BCUT2D eigenvalue weighted by molar-refractivity contribution is 5.35. The van der Waals surface area contributed by atoms with Gasteiger partial charge >= 0.3 is 0 Å². The van der Waals surface area contributed by atoms with E-state index < -0.39 is 0 Å². The quantitative estimate of drug-likeness (QED) is 0.785. The molecule has 1 aromatic heterocycles. The summed E-state index contributed by atoms with van der Waals surface area (Å²) in [7, 11) is 1.64. The van der Waals surface area contributed by atoms with Crippen molar-refractivity contribution in [2.75, 3.05) is 13.7 Å². The Labute approximate surface area is 119 Å². The smallest absolute Gasteiger partial charge is 0.219 e. The molecule has 0 bridgehead atoms. The predicted octanol–water partition coefficient (Wildman–Crippen LogP) is 3.38. The predicted molar refractivity (Wildman–Crippen MR) is 79.3 cm³/mol. The number of ether oxygens (including phenoxy) is 2. The summed E-state index contributed by atoms with van der Waals surface area (Å²) in [5.41, 5.74) is 1.16. The number of rotatable bonds is 7. The molecule has 0 amide bonds. The normalized spacial score (nSPS) is 10.3. The van der Waals surface area contributed by atoms with E-state index in [1.165, 1.54) is 0 Å². The fraction of sp³-hybridized carbons (Fsp3) is 0.312. The second-order valence-corrected chi connectivity index (χ2v) is 4.46. The Morgan fingerprint density at radius 2 is 2.00 bits per heavy atom. The van der Waals surface area contributed by atoms with Crippen LogP contribution in [0.2, 0.25) is 0 Å². The lowest BCUT2D eigenvalue weighted by Gasteiger charge is -2.08. The first kappa shape index (κ1) is 14.3. The molecule has 0 atom stereocenters. The molecule has 0 aliphatic rings. The first-order valence-corrected chi connectivity index (χ1v) is 6.79. The van der Waals surface area contributed by atoms with Crippen LogP contribution in [0.5, 0.6) is 17.4 Å². The molecular formula is C16H20N2O2. The molecule has 0 fully saturated rings. The second kappa shape index (κ2) is 7.50. The Balaban J connectivity index is 2.03. The van der Waals surface area contributed by atoms with Gasteiger partial charge in [0.2, 0.25) is 5.88 Å². The van der Waals surface area contributed by atoms with E-state index in [-0.39, 0.29) is 0 Å². The Hall–Kier alpha value is -2.07. The van der Waals surface area contributed by atoms with E-state index in [1.54, 1.807) is 13.3 Å². The molecule has 1 aromatic carbocycles. The van der Waals surface area contributed by atoms with Crippen LogP contribution in [0.1, 0.15) is 18.9 Å². The van der Waals surface area contributed by atoms with Gasteiger partial charge in [-0.3, -0.25) is 0 Å². The number of hydrogen-bond acceptors (Lipinski definition) is 4. The van der Waals surface area contributed by atoms with Crippen LogP contribution in [0.4, 0.5) is 0 Å². The highest BCUT2D eigenvalue weighted by Crippen LogP contribution is 2.24. The maximum absolute atomic E-state index is 5.75. The van der Waals surface area contributed by atoms with Crippen LogP contribution in [0, 0.1) is 0 Å². The molecule has 0 saturated carbocycles. The van der Waals surface area contributed by atoms with E-state index in [0.29, 0.717) is 5.88 Å². The van der Waals surface area contributed by atoms with Gasteiger partial charge in [0, 0.05) is 24.9 Å². The molecule has 2 aromatic rings. The van der Waals surface area contributed by atoms with Crippen LogP contribution in [-0.2, 0) is 6.54 Å². The minimum absolute atomic E-state index is 0.592. The zero-order valence-electron chi connectivity index (χ0n) is 11.9. The Morgan fingerprint density at radius 3 is 2.80 bits per heavy atom. The summed E-state index contributed by atoms with van der Waals surface area (Å²) in [5, 5.41) is 3.36. The molecule has 0 unspecified atom stereocenters. The third kappa shape index (κ3) is 4.24. The van der Waals surface area contributed by atoms with Crippen molar-refractivity contribution in [2.45, 2.75) is 19.9 Å². The van der Waals surface area contributed by atoms with Gasteiger partial charge in [0.15, 0.2) is 0 Å². The topological polar surface area (TPSA) is 43.4 Å². The highest BCUT2D eigenvalue weighted by atomic mass is 16.5. The lowest BCUT2D eigenvalue weighted by molar-refractivity contribution is 0.407. The maximum atomic E-state index is 5.75. The standard InChI is InChI=1S/C16H20N2O2/c1-3-8-17-12-13-7-9-18-16(10-13)20-15-6-4-5-14(11-15)19-2/h4-7,9-11,17H,3,8,12H2,1-2H3. The minimum atomic E-state index is 0.592. The van der Waals surface area contributed by atoms with Crippen LogP contribution >= 0.6 is 0 Å². The zero-order valence-corrected chi connectivity index (χ0v) is 11.9. The molecule has 0 spiro atoms. The molecule has 106 valence electrons. The third-order valence-corrected chi connectivity index (χ3v) is 2.82. The summed E-state index contributed by atoms with van der Waals surface area (Å²) >= 11 is 0. The molecule has 4 nitrogen and oxygen atoms in total. The van der Waals surface area contributed by atoms with E-state index in [0.717, 1.165) is 36.6 Å². The van der Waals surface area contributed by atoms with Gasteiger partial charge in [-0.15, -0.1) is 0 Å². The second-order valence-electron chi connectivity index (χ2n) is 4.46. The number of nitrogens with zero attached hydrogens (tertiary/aromatic N) is 1. The molecule has 1 heterocycles. The van der Waals surface area contributed by atoms with Gasteiger partial charge in [0.05, 0.1) is 7.11 Å². The lowest BCUT2D eigenvalue weighted by atomic mass is 10.2. The van der Waals surface area contributed by atoms with E-state index in [9.17, 15) is 0 Å². The molecule has 0 aliphatic heterocycles. The molecular weight excluding hydrogens is 252 g/mol. The van der Waals surface area contributed by atoms with Gasteiger partial charge in [-0.05, 0) is 36.7 Å². The van der Waals surface area contributed by atoms with Crippen LogP contribution in [-0.4, -0.2) is 18.6 Å². The van der Waals surface area contributed by atoms with Crippen molar-refractivity contribution >= 4 is 0 Å². The zero-order chi connectivity index (χ0) is 14.2. The number of aromatic nitrogens is 1. The van der Waals surface area contributed by atoms with Gasteiger partial charge in [-0.25, -0.2) is 4.98 Å². The maximum Gasteiger partial charge on any atom is 0.219 e. The summed E-state index contributed by atoms with van der Waals surface area (Å²) in [4.78, 5) is 4.23. The van der Waals surface area contributed by atoms with Crippen molar-refractivity contribution in [3.05, 3.63) is 48.2 Å². The number of pyridine rings is 1. The van der Waals surface area contributed by atoms with Gasteiger partial charge in [-0.2, -0.15) is 0 Å². The first-order chi connectivity index (χ1) is 9.81. The summed E-state index contributed by atoms with van der Waals surface area (Å²) in [5.74, 6) is 2.08. The fourth-order valence-electron chi connectivity index (χ4n) is 1.81. The SMILES string of the molecule is CCCNCc1ccnc(Oc2cccc(OC)c2)c1. The largest absolute Gasteiger partial charge is 0.497 e. The monoisotopic (exact) mass is 272 g/mol. The average molecular weight is 272 g/mol. The number of benzene rings is 1. The average Bonchev–Trinajstić information content (AvgIpc) is 2.48. The van der Waals surface area contributed by atoms with E-state index >= 15 is 0 Å². The van der Waals surface area contributed by atoms with Gasteiger partial charge in [0.25, 0.3) is 0 Å². The van der Waals surface area contributed by atoms with Crippen LogP contribution in [0.25, 0.3) is 0 Å². The summed E-state index contributed by atoms with van der Waals surface area (Å²) < 4.78 is 10.9. The molecule has 0 saturated heterocycles. The minimum Gasteiger partial charge on any atom is -0.497 e. The number of nitrogens with one attached hydrogen (secondary N) is 1. The molecule has 20 heavy (non-hydrogen) atoms. The van der Waals surface area contributed by atoms with Crippen LogP contribution in [0.3, 0.4) is 0 Å². The van der Waals surface area contributed by atoms with Gasteiger partial charge in [0.1, 0.15) is 11.5 Å². The lowest BCUT2D eigenvalue weighted by Crippen LogP contribution is -2.13. The summed E-state index contributed by atoms with van der Waals surface area (Å²) in [6.45, 7) is 3.98. The fourth-order valence-corrected chi connectivity index (χ4v) is 1.81. The third-order valence-electron chi connectivity index (χ3n) is 2.82. The summed E-state index contributed by atoms with van der Waals surface area (Å²) in [6, 6.07) is 11.4. The van der Waals surface area contributed by atoms with Gasteiger partial charge in [-0.1, -0.05) is 13.0 Å². The first-order valence-electron chi connectivity index (χ1n) is 6.79. The van der Waals surface area contributed by atoms with Crippen molar-refractivity contribution in [3.63, 3.8) is 0 Å². The van der Waals surface area contributed by atoms with Gasteiger partial charge < -0.3 is 14.8 Å². The molecule has 1 N–H and O–H groups in total. The number of methoxy groups -OCH3 is 1. The molecule has 2 rings (SSSR count). The number of hydrogen-bond donors (Lipinski definition) is 1. The molecule has 0 aliphatic carbocycles. The van der Waals surface area contributed by atoms with Crippen molar-refractivity contribution < 1.29 is 9.47 Å². The van der Waals surface area contributed by atoms with E-state index in [4.69, 9.17) is 9.47 Å². The van der Waals surface area contributed by atoms with E-state index in [2.05, 4.69) is 17.2 Å². The van der Waals surface area contributed by atoms with Crippen molar-refractivity contribution in [2.24, 2.45) is 0 Å². The van der Waals surface area contributed by atoms with E-state index in [1.807, 2.05) is 36.4 Å². The van der Waals surface area contributed by atoms with Crippen molar-refractivity contribution in [1.29, 1.82) is 0 Å². The Bertz CT molecular complexity index is 544. The summed E-state index contributed by atoms with van der Waals surface area (Å²) in [6.07, 6.45) is 2.89. The molecule has 4 heteroatoms.